The first kappa shape index (κ1) is 15.2. The molecule has 4 rings (SSSR count). The molecule has 0 bridgehead atoms. The number of aromatic nitrogens is 5. The van der Waals surface area contributed by atoms with Crippen LogP contribution in [0.1, 0.15) is 43.3 Å². The van der Waals surface area contributed by atoms with Gasteiger partial charge in [-0.05, 0) is 13.3 Å². The summed E-state index contributed by atoms with van der Waals surface area (Å²) in [7, 11) is 0. The van der Waals surface area contributed by atoms with Crippen LogP contribution in [-0.2, 0) is 13.0 Å². The SMILES string of the molecule is CCCCCn1c2c(c(=O)n3c(C)nnc13)CC(c1cscn1)=N2. The summed E-state index contributed by atoms with van der Waals surface area (Å²) in [5.41, 5.74) is 4.14. The Morgan fingerprint density at radius 2 is 2.17 bits per heavy atom. The molecule has 0 N–H and O–H groups in total. The van der Waals surface area contributed by atoms with Crippen molar-refractivity contribution in [3.63, 3.8) is 0 Å². The molecule has 0 saturated carbocycles. The Hall–Kier alpha value is -2.35. The van der Waals surface area contributed by atoms with Crippen LogP contribution in [0.15, 0.2) is 20.7 Å². The van der Waals surface area contributed by atoms with Gasteiger partial charge in [0.15, 0.2) is 0 Å². The molecule has 0 saturated heterocycles. The topological polar surface area (TPSA) is 77.4 Å². The van der Waals surface area contributed by atoms with Crippen molar-refractivity contribution >= 4 is 28.6 Å². The maximum absolute atomic E-state index is 12.9. The Morgan fingerprint density at radius 1 is 1.29 bits per heavy atom. The van der Waals surface area contributed by atoms with Gasteiger partial charge in [0.05, 0.1) is 22.5 Å². The van der Waals surface area contributed by atoms with Crippen molar-refractivity contribution in [2.45, 2.75) is 46.1 Å². The molecule has 0 atom stereocenters. The first-order chi connectivity index (χ1) is 11.7. The van der Waals surface area contributed by atoms with Gasteiger partial charge in [-0.1, -0.05) is 19.8 Å². The van der Waals surface area contributed by atoms with Gasteiger partial charge < -0.3 is 0 Å². The number of hydrogen-bond donors (Lipinski definition) is 0. The molecule has 24 heavy (non-hydrogen) atoms. The van der Waals surface area contributed by atoms with E-state index in [1.165, 1.54) is 11.3 Å². The number of thiazole rings is 1. The van der Waals surface area contributed by atoms with Crippen molar-refractivity contribution < 1.29 is 0 Å². The Labute approximate surface area is 142 Å². The predicted octanol–water partition coefficient (Wildman–Crippen LogP) is 2.52. The number of aryl methyl sites for hydroxylation is 2. The zero-order chi connectivity index (χ0) is 16.7. The van der Waals surface area contributed by atoms with Gasteiger partial charge in [0, 0.05) is 18.3 Å². The van der Waals surface area contributed by atoms with Gasteiger partial charge in [0.2, 0.25) is 5.78 Å². The first-order valence-electron chi connectivity index (χ1n) is 8.14. The van der Waals surface area contributed by atoms with Crippen LogP contribution in [0.3, 0.4) is 0 Å². The van der Waals surface area contributed by atoms with E-state index in [0.29, 0.717) is 23.6 Å². The van der Waals surface area contributed by atoms with Crippen LogP contribution in [0.4, 0.5) is 5.82 Å². The molecule has 3 aromatic rings. The Balaban J connectivity index is 1.89. The minimum absolute atomic E-state index is 0.0665. The molecule has 1 aliphatic rings. The van der Waals surface area contributed by atoms with Crippen LogP contribution in [0.5, 0.6) is 0 Å². The summed E-state index contributed by atoms with van der Waals surface area (Å²) in [6, 6.07) is 0. The highest BCUT2D eigenvalue weighted by Gasteiger charge is 2.26. The molecule has 8 heteroatoms. The zero-order valence-corrected chi connectivity index (χ0v) is 14.5. The van der Waals surface area contributed by atoms with E-state index in [1.807, 2.05) is 9.95 Å². The Morgan fingerprint density at radius 3 is 2.92 bits per heavy atom. The third kappa shape index (κ3) is 2.29. The third-order valence-corrected chi connectivity index (χ3v) is 4.92. The zero-order valence-electron chi connectivity index (χ0n) is 13.7. The molecule has 0 fully saturated rings. The van der Waals surface area contributed by atoms with E-state index in [1.54, 1.807) is 16.8 Å². The van der Waals surface area contributed by atoms with Crippen LogP contribution in [0.2, 0.25) is 0 Å². The monoisotopic (exact) mass is 342 g/mol. The van der Waals surface area contributed by atoms with Gasteiger partial charge in [-0.3, -0.25) is 9.36 Å². The minimum Gasteiger partial charge on any atom is -0.294 e. The molecule has 0 aromatic carbocycles. The largest absolute Gasteiger partial charge is 0.294 e. The molecule has 0 radical (unpaired) electrons. The second-order valence-electron chi connectivity index (χ2n) is 5.96. The maximum Gasteiger partial charge on any atom is 0.266 e. The molecule has 4 heterocycles. The van der Waals surface area contributed by atoms with E-state index in [4.69, 9.17) is 4.99 Å². The van der Waals surface area contributed by atoms with Gasteiger partial charge in [0.25, 0.3) is 5.56 Å². The van der Waals surface area contributed by atoms with Gasteiger partial charge in [0.1, 0.15) is 11.6 Å². The molecule has 1 aliphatic heterocycles. The van der Waals surface area contributed by atoms with Crippen LogP contribution in [0.25, 0.3) is 5.78 Å². The lowest BCUT2D eigenvalue weighted by Crippen LogP contribution is -2.23. The molecule has 0 spiro atoms. The Kier molecular flexibility index (Phi) is 3.76. The molecule has 0 amide bonds. The average molecular weight is 342 g/mol. The number of unbranched alkanes of at least 4 members (excludes halogenated alkanes) is 2. The number of aliphatic imine (C=N–C) groups is 1. The smallest absolute Gasteiger partial charge is 0.266 e. The fourth-order valence-corrected chi connectivity index (χ4v) is 3.66. The molecule has 7 nitrogen and oxygen atoms in total. The van der Waals surface area contributed by atoms with Crippen LogP contribution >= 0.6 is 11.3 Å². The quantitative estimate of drug-likeness (QED) is 0.668. The standard InChI is InChI=1S/C16H18N6OS/c1-3-4-5-6-21-14-11(7-12(18-14)13-8-24-9-17-13)15(23)22-10(2)19-20-16(21)22/h8-9H,3-7H2,1-2H3. The van der Waals surface area contributed by atoms with Crippen molar-refractivity contribution in [3.8, 4) is 0 Å². The number of rotatable bonds is 5. The van der Waals surface area contributed by atoms with Crippen molar-refractivity contribution in [1.82, 2.24) is 24.1 Å². The van der Waals surface area contributed by atoms with E-state index >= 15 is 0 Å². The normalized spacial score (nSPS) is 13.5. The summed E-state index contributed by atoms with van der Waals surface area (Å²) in [6.45, 7) is 4.76. The molecular formula is C16H18N6OS. The van der Waals surface area contributed by atoms with Crippen LogP contribution in [-0.4, -0.2) is 29.9 Å². The summed E-state index contributed by atoms with van der Waals surface area (Å²) >= 11 is 1.53. The number of fused-ring (bicyclic) bond motifs is 2. The summed E-state index contributed by atoms with van der Waals surface area (Å²) in [4.78, 5) is 21.9. The second-order valence-corrected chi connectivity index (χ2v) is 6.68. The highest BCUT2D eigenvalue weighted by molar-refractivity contribution is 7.07. The van der Waals surface area contributed by atoms with Crippen molar-refractivity contribution in [2.24, 2.45) is 4.99 Å². The summed E-state index contributed by atoms with van der Waals surface area (Å²) in [5, 5.41) is 10.3. The third-order valence-electron chi connectivity index (χ3n) is 4.33. The summed E-state index contributed by atoms with van der Waals surface area (Å²) in [5.74, 6) is 1.92. The fraction of sp³-hybridized carbons (Fsp3) is 0.438. The summed E-state index contributed by atoms with van der Waals surface area (Å²) < 4.78 is 3.63. The Bertz CT molecular complexity index is 982. The summed E-state index contributed by atoms with van der Waals surface area (Å²) in [6.07, 6.45) is 3.80. The fourth-order valence-electron chi connectivity index (χ4n) is 3.10. The first-order valence-corrected chi connectivity index (χ1v) is 9.08. The van der Waals surface area contributed by atoms with Gasteiger partial charge in [-0.25, -0.2) is 14.4 Å². The van der Waals surface area contributed by atoms with Gasteiger partial charge >= 0.3 is 0 Å². The van der Waals surface area contributed by atoms with Crippen LogP contribution in [0, 0.1) is 6.92 Å². The number of nitrogens with zero attached hydrogens (tertiary/aromatic N) is 6. The predicted molar refractivity (Wildman–Crippen MR) is 93.5 cm³/mol. The minimum atomic E-state index is -0.0665. The second kappa shape index (κ2) is 5.94. The van der Waals surface area contributed by atoms with E-state index < -0.39 is 0 Å². The molecular weight excluding hydrogens is 324 g/mol. The van der Waals surface area contributed by atoms with Crippen molar-refractivity contribution in [3.05, 3.63) is 38.3 Å². The van der Waals surface area contributed by atoms with E-state index in [-0.39, 0.29) is 5.56 Å². The van der Waals surface area contributed by atoms with Crippen LogP contribution < -0.4 is 5.56 Å². The lowest BCUT2D eigenvalue weighted by molar-refractivity contribution is 0.602. The van der Waals surface area contributed by atoms with Crippen molar-refractivity contribution in [2.75, 3.05) is 0 Å². The molecule has 0 aliphatic carbocycles. The van der Waals surface area contributed by atoms with E-state index in [9.17, 15) is 4.79 Å². The van der Waals surface area contributed by atoms with E-state index in [2.05, 4.69) is 22.1 Å². The lowest BCUT2D eigenvalue weighted by Gasteiger charge is -2.12. The lowest BCUT2D eigenvalue weighted by atomic mass is 10.1. The maximum atomic E-state index is 12.9. The molecule has 0 unspecified atom stereocenters. The highest BCUT2D eigenvalue weighted by atomic mass is 32.1. The average Bonchev–Trinajstić information content (AvgIpc) is 3.29. The van der Waals surface area contributed by atoms with Gasteiger partial charge in [-0.2, -0.15) is 0 Å². The van der Waals surface area contributed by atoms with Crippen molar-refractivity contribution in [1.29, 1.82) is 0 Å². The van der Waals surface area contributed by atoms with Gasteiger partial charge in [-0.15, -0.1) is 21.5 Å². The molecule has 124 valence electrons. The molecule has 3 aromatic heterocycles. The van der Waals surface area contributed by atoms with E-state index in [0.717, 1.165) is 43.0 Å². The highest BCUT2D eigenvalue weighted by Crippen LogP contribution is 2.28. The number of hydrogen-bond acceptors (Lipinski definition) is 6.